The SMILES string of the molecule is COCc1ccc(Cl)cc1C1(C(=O)O)CC1. The predicted molar refractivity (Wildman–Crippen MR) is 60.7 cm³/mol. The van der Waals surface area contributed by atoms with Crippen LogP contribution in [0.4, 0.5) is 0 Å². The zero-order chi connectivity index (χ0) is 11.8. The van der Waals surface area contributed by atoms with Crippen molar-refractivity contribution < 1.29 is 14.6 Å². The summed E-state index contributed by atoms with van der Waals surface area (Å²) < 4.78 is 5.08. The van der Waals surface area contributed by atoms with Gasteiger partial charge in [0.25, 0.3) is 0 Å². The molecule has 0 bridgehead atoms. The Labute approximate surface area is 99.0 Å². The smallest absolute Gasteiger partial charge is 0.314 e. The van der Waals surface area contributed by atoms with E-state index >= 15 is 0 Å². The van der Waals surface area contributed by atoms with E-state index in [1.807, 2.05) is 6.07 Å². The lowest BCUT2D eigenvalue weighted by atomic mass is 9.91. The molecule has 0 heterocycles. The number of methoxy groups -OCH3 is 1. The zero-order valence-electron chi connectivity index (χ0n) is 9.00. The average Bonchev–Trinajstić information content (AvgIpc) is 3.02. The molecule has 86 valence electrons. The minimum atomic E-state index is -0.771. The fraction of sp³-hybridized carbons (Fsp3) is 0.417. The van der Waals surface area contributed by atoms with Gasteiger partial charge in [0.05, 0.1) is 12.0 Å². The second-order valence-electron chi connectivity index (χ2n) is 4.12. The van der Waals surface area contributed by atoms with Gasteiger partial charge in [-0.15, -0.1) is 0 Å². The lowest BCUT2D eigenvalue weighted by Gasteiger charge is -2.15. The number of benzene rings is 1. The molecule has 0 atom stereocenters. The molecule has 1 aliphatic rings. The number of ether oxygens (including phenoxy) is 1. The highest BCUT2D eigenvalue weighted by molar-refractivity contribution is 6.30. The van der Waals surface area contributed by atoms with Crippen LogP contribution >= 0.6 is 11.6 Å². The Morgan fingerprint density at radius 1 is 1.56 bits per heavy atom. The molecule has 1 saturated carbocycles. The van der Waals surface area contributed by atoms with Crippen molar-refractivity contribution >= 4 is 17.6 Å². The number of halogens is 1. The van der Waals surface area contributed by atoms with Crippen LogP contribution in [-0.2, 0) is 21.6 Å². The molecule has 3 nitrogen and oxygen atoms in total. The van der Waals surface area contributed by atoms with E-state index in [4.69, 9.17) is 16.3 Å². The topological polar surface area (TPSA) is 46.5 Å². The van der Waals surface area contributed by atoms with Gasteiger partial charge in [-0.3, -0.25) is 4.79 Å². The second-order valence-corrected chi connectivity index (χ2v) is 4.56. The highest BCUT2D eigenvalue weighted by Crippen LogP contribution is 2.50. The summed E-state index contributed by atoms with van der Waals surface area (Å²) in [5, 5.41) is 9.83. The zero-order valence-corrected chi connectivity index (χ0v) is 9.75. The Bertz CT molecular complexity index is 424. The van der Waals surface area contributed by atoms with Crippen LogP contribution in [-0.4, -0.2) is 18.2 Å². The maximum absolute atomic E-state index is 11.3. The first-order valence-electron chi connectivity index (χ1n) is 5.11. The molecule has 0 radical (unpaired) electrons. The van der Waals surface area contributed by atoms with Gasteiger partial charge in [-0.2, -0.15) is 0 Å². The standard InChI is InChI=1S/C12H13ClO3/c1-16-7-8-2-3-9(13)6-10(8)12(4-5-12)11(14)15/h2-3,6H,4-5,7H2,1H3,(H,14,15). The molecular weight excluding hydrogens is 228 g/mol. The summed E-state index contributed by atoms with van der Waals surface area (Å²) in [6.45, 7) is 0.418. The minimum Gasteiger partial charge on any atom is -0.481 e. The van der Waals surface area contributed by atoms with Gasteiger partial charge in [0.1, 0.15) is 0 Å². The van der Waals surface area contributed by atoms with Crippen molar-refractivity contribution in [1.82, 2.24) is 0 Å². The number of carbonyl (C=O) groups is 1. The third-order valence-corrected chi connectivity index (χ3v) is 3.28. The molecule has 0 aliphatic heterocycles. The normalized spacial score (nSPS) is 17.1. The van der Waals surface area contributed by atoms with Gasteiger partial charge in [-0.25, -0.2) is 0 Å². The first-order chi connectivity index (χ1) is 7.60. The van der Waals surface area contributed by atoms with Crippen molar-refractivity contribution in [2.24, 2.45) is 0 Å². The van der Waals surface area contributed by atoms with Crippen LogP contribution in [0.2, 0.25) is 5.02 Å². The first-order valence-corrected chi connectivity index (χ1v) is 5.49. The fourth-order valence-corrected chi connectivity index (χ4v) is 2.17. The number of carboxylic acid groups (broad SMARTS) is 1. The van der Waals surface area contributed by atoms with Crippen molar-refractivity contribution in [3.05, 3.63) is 34.3 Å². The molecule has 0 amide bonds. The van der Waals surface area contributed by atoms with Gasteiger partial charge in [-0.1, -0.05) is 17.7 Å². The Morgan fingerprint density at radius 2 is 2.25 bits per heavy atom. The molecule has 16 heavy (non-hydrogen) atoms. The molecule has 1 aromatic carbocycles. The van der Waals surface area contributed by atoms with Crippen molar-refractivity contribution in [3.8, 4) is 0 Å². The minimum absolute atomic E-state index is 0.418. The van der Waals surface area contributed by atoms with Crippen LogP contribution in [0, 0.1) is 0 Å². The quantitative estimate of drug-likeness (QED) is 0.880. The summed E-state index contributed by atoms with van der Waals surface area (Å²) in [5.41, 5.74) is 0.986. The van der Waals surface area contributed by atoms with Crippen molar-refractivity contribution in [1.29, 1.82) is 0 Å². The van der Waals surface area contributed by atoms with E-state index in [9.17, 15) is 9.90 Å². The van der Waals surface area contributed by atoms with Gasteiger partial charge in [0, 0.05) is 12.1 Å². The van der Waals surface area contributed by atoms with E-state index in [1.54, 1.807) is 19.2 Å². The molecule has 1 N–H and O–H groups in total. The van der Waals surface area contributed by atoms with Crippen LogP contribution in [0.15, 0.2) is 18.2 Å². The number of hydrogen-bond acceptors (Lipinski definition) is 2. The summed E-state index contributed by atoms with van der Waals surface area (Å²) in [7, 11) is 1.60. The summed E-state index contributed by atoms with van der Waals surface area (Å²) in [5.74, 6) is -0.771. The molecule has 0 aromatic heterocycles. The molecule has 1 aliphatic carbocycles. The molecular formula is C12H13ClO3. The van der Waals surface area contributed by atoms with E-state index in [0.29, 0.717) is 24.5 Å². The lowest BCUT2D eigenvalue weighted by Crippen LogP contribution is -2.21. The third-order valence-electron chi connectivity index (χ3n) is 3.05. The molecule has 0 spiro atoms. The summed E-state index contributed by atoms with van der Waals surface area (Å²) >= 11 is 5.92. The number of hydrogen-bond donors (Lipinski definition) is 1. The van der Waals surface area contributed by atoms with Crippen LogP contribution in [0.3, 0.4) is 0 Å². The first kappa shape index (κ1) is 11.4. The van der Waals surface area contributed by atoms with Crippen molar-refractivity contribution in [2.45, 2.75) is 24.9 Å². The third kappa shape index (κ3) is 1.81. The van der Waals surface area contributed by atoms with Gasteiger partial charge < -0.3 is 9.84 Å². The van der Waals surface area contributed by atoms with E-state index in [0.717, 1.165) is 11.1 Å². The Kier molecular flexibility index (Phi) is 2.91. The van der Waals surface area contributed by atoms with Crippen LogP contribution in [0.5, 0.6) is 0 Å². The highest BCUT2D eigenvalue weighted by atomic mass is 35.5. The highest BCUT2D eigenvalue weighted by Gasteiger charge is 2.52. The molecule has 0 unspecified atom stereocenters. The molecule has 1 fully saturated rings. The fourth-order valence-electron chi connectivity index (χ4n) is 2.00. The van der Waals surface area contributed by atoms with Gasteiger partial charge in [-0.05, 0) is 36.1 Å². The monoisotopic (exact) mass is 240 g/mol. The van der Waals surface area contributed by atoms with E-state index in [1.165, 1.54) is 0 Å². The number of rotatable bonds is 4. The van der Waals surface area contributed by atoms with Crippen LogP contribution < -0.4 is 0 Å². The van der Waals surface area contributed by atoms with E-state index in [-0.39, 0.29) is 0 Å². The van der Waals surface area contributed by atoms with Crippen LogP contribution in [0.25, 0.3) is 0 Å². The Morgan fingerprint density at radius 3 is 2.75 bits per heavy atom. The molecule has 4 heteroatoms. The van der Waals surface area contributed by atoms with E-state index < -0.39 is 11.4 Å². The lowest BCUT2D eigenvalue weighted by molar-refractivity contribution is -0.140. The summed E-state index contributed by atoms with van der Waals surface area (Å²) in [6.07, 6.45) is 1.36. The maximum atomic E-state index is 11.3. The van der Waals surface area contributed by atoms with Crippen LogP contribution in [0.1, 0.15) is 24.0 Å². The Balaban J connectivity index is 2.45. The summed E-state index contributed by atoms with van der Waals surface area (Å²) in [6, 6.07) is 5.35. The second kappa shape index (κ2) is 4.07. The largest absolute Gasteiger partial charge is 0.481 e. The van der Waals surface area contributed by atoms with Gasteiger partial charge >= 0.3 is 5.97 Å². The molecule has 1 aromatic rings. The molecule has 2 rings (SSSR count). The van der Waals surface area contributed by atoms with E-state index in [2.05, 4.69) is 0 Å². The number of aliphatic carboxylic acids is 1. The van der Waals surface area contributed by atoms with Crippen molar-refractivity contribution in [3.63, 3.8) is 0 Å². The predicted octanol–water partition coefficient (Wildman–Crippen LogP) is 2.60. The van der Waals surface area contributed by atoms with Gasteiger partial charge in [0.2, 0.25) is 0 Å². The van der Waals surface area contributed by atoms with Gasteiger partial charge in [0.15, 0.2) is 0 Å². The Hall–Kier alpha value is -1.06. The summed E-state index contributed by atoms with van der Waals surface area (Å²) in [4.78, 5) is 11.3. The van der Waals surface area contributed by atoms with Crippen molar-refractivity contribution in [2.75, 3.05) is 7.11 Å². The average molecular weight is 241 g/mol. The maximum Gasteiger partial charge on any atom is 0.314 e. The number of carboxylic acids is 1. The molecule has 0 saturated heterocycles.